The van der Waals surface area contributed by atoms with Crippen LogP contribution in [-0.4, -0.2) is 36.5 Å². The quantitative estimate of drug-likeness (QED) is 0.931. The Morgan fingerprint density at radius 1 is 1.00 bits per heavy atom. The Bertz CT molecular complexity index is 700. The van der Waals surface area contributed by atoms with Gasteiger partial charge in [0.1, 0.15) is 0 Å². The molecule has 2 aliphatic heterocycles. The zero-order valence-corrected chi connectivity index (χ0v) is 14.6. The van der Waals surface area contributed by atoms with E-state index in [0.29, 0.717) is 17.9 Å². The molecule has 130 valence electrons. The van der Waals surface area contributed by atoms with E-state index in [9.17, 15) is 4.79 Å². The molecule has 2 fully saturated rings. The Hall–Kier alpha value is -2.13. The summed E-state index contributed by atoms with van der Waals surface area (Å²) in [5, 5.41) is 3.44. The highest BCUT2D eigenvalue weighted by atomic mass is 16.2. The van der Waals surface area contributed by atoms with Gasteiger partial charge in [-0.25, -0.2) is 0 Å². The first-order chi connectivity index (χ1) is 12.3. The summed E-state index contributed by atoms with van der Waals surface area (Å²) in [6.45, 7) is 2.61. The minimum atomic E-state index is 0.0683. The van der Waals surface area contributed by atoms with E-state index >= 15 is 0 Å². The van der Waals surface area contributed by atoms with Crippen molar-refractivity contribution in [1.82, 2.24) is 10.2 Å². The fourth-order valence-electron chi connectivity index (χ4n) is 4.43. The molecule has 1 unspecified atom stereocenters. The molecule has 2 saturated heterocycles. The average molecular weight is 334 g/mol. The van der Waals surface area contributed by atoms with Gasteiger partial charge in [-0.05, 0) is 30.4 Å². The van der Waals surface area contributed by atoms with E-state index in [4.69, 9.17) is 0 Å². The Balaban J connectivity index is 1.49. The van der Waals surface area contributed by atoms with Crippen molar-refractivity contribution in [2.24, 2.45) is 5.92 Å². The number of likely N-dealkylation sites (tertiary alicyclic amines) is 1. The normalized spacial score (nSPS) is 26.1. The third kappa shape index (κ3) is 3.47. The Morgan fingerprint density at radius 2 is 1.72 bits per heavy atom. The van der Waals surface area contributed by atoms with Crippen LogP contribution < -0.4 is 5.32 Å². The number of hydrogen-bond donors (Lipinski definition) is 1. The maximum absolute atomic E-state index is 13.3. The van der Waals surface area contributed by atoms with Crippen molar-refractivity contribution in [1.29, 1.82) is 0 Å². The van der Waals surface area contributed by atoms with Crippen LogP contribution in [0.5, 0.6) is 0 Å². The lowest BCUT2D eigenvalue weighted by atomic mass is 9.87. The summed E-state index contributed by atoms with van der Waals surface area (Å²) in [6, 6.07) is 21.4. The van der Waals surface area contributed by atoms with Crippen LogP contribution in [0.15, 0.2) is 60.7 Å². The molecule has 0 aromatic heterocycles. The SMILES string of the molecule is O=C([C@@H]1CNC[C@H]1c1ccccc1)N1CCCC1Cc1ccccc1. The Labute approximate surface area is 150 Å². The first-order valence-corrected chi connectivity index (χ1v) is 9.43. The molecule has 3 nitrogen and oxygen atoms in total. The molecule has 2 aromatic rings. The van der Waals surface area contributed by atoms with Crippen molar-refractivity contribution < 1.29 is 4.79 Å². The molecule has 0 radical (unpaired) electrons. The average Bonchev–Trinajstić information content (AvgIpc) is 3.32. The van der Waals surface area contributed by atoms with Crippen LogP contribution in [0.4, 0.5) is 0 Å². The van der Waals surface area contributed by atoms with Gasteiger partial charge in [0.05, 0.1) is 5.92 Å². The Morgan fingerprint density at radius 3 is 2.48 bits per heavy atom. The van der Waals surface area contributed by atoms with E-state index in [1.165, 1.54) is 11.1 Å². The van der Waals surface area contributed by atoms with Crippen molar-refractivity contribution in [3.05, 3.63) is 71.8 Å². The van der Waals surface area contributed by atoms with Crippen LogP contribution in [0.1, 0.15) is 29.9 Å². The largest absolute Gasteiger partial charge is 0.339 e. The number of nitrogens with zero attached hydrogens (tertiary/aromatic N) is 1. The molecule has 1 amide bonds. The van der Waals surface area contributed by atoms with Crippen LogP contribution >= 0.6 is 0 Å². The molecule has 2 aromatic carbocycles. The lowest BCUT2D eigenvalue weighted by Crippen LogP contribution is -2.42. The minimum Gasteiger partial charge on any atom is -0.339 e. The fourth-order valence-corrected chi connectivity index (χ4v) is 4.43. The molecular weight excluding hydrogens is 308 g/mol. The number of amides is 1. The number of benzene rings is 2. The topological polar surface area (TPSA) is 32.3 Å². The van der Waals surface area contributed by atoms with Crippen molar-refractivity contribution in [3.63, 3.8) is 0 Å². The lowest BCUT2D eigenvalue weighted by Gasteiger charge is -2.29. The number of rotatable bonds is 4. The van der Waals surface area contributed by atoms with Gasteiger partial charge in [-0.15, -0.1) is 0 Å². The third-order valence-corrected chi connectivity index (χ3v) is 5.73. The van der Waals surface area contributed by atoms with E-state index in [-0.39, 0.29) is 5.92 Å². The van der Waals surface area contributed by atoms with Crippen molar-refractivity contribution in [3.8, 4) is 0 Å². The molecule has 0 saturated carbocycles. The van der Waals surface area contributed by atoms with Crippen molar-refractivity contribution >= 4 is 5.91 Å². The van der Waals surface area contributed by atoms with Crippen LogP contribution in [-0.2, 0) is 11.2 Å². The summed E-state index contributed by atoms with van der Waals surface area (Å²) >= 11 is 0. The van der Waals surface area contributed by atoms with E-state index in [1.54, 1.807) is 0 Å². The maximum atomic E-state index is 13.3. The van der Waals surface area contributed by atoms with Gasteiger partial charge in [0.2, 0.25) is 5.91 Å². The summed E-state index contributed by atoms with van der Waals surface area (Å²) < 4.78 is 0. The number of nitrogens with one attached hydrogen (secondary N) is 1. The fraction of sp³-hybridized carbons (Fsp3) is 0.409. The van der Waals surface area contributed by atoms with Gasteiger partial charge >= 0.3 is 0 Å². The van der Waals surface area contributed by atoms with Gasteiger partial charge in [-0.1, -0.05) is 60.7 Å². The van der Waals surface area contributed by atoms with Gasteiger partial charge < -0.3 is 10.2 Å². The lowest BCUT2D eigenvalue weighted by molar-refractivity contribution is -0.136. The van der Waals surface area contributed by atoms with Crippen LogP contribution in [0.2, 0.25) is 0 Å². The standard InChI is InChI=1S/C22H26N2O/c25-22(21-16-23-15-20(21)18-10-5-2-6-11-18)24-13-7-12-19(24)14-17-8-3-1-4-9-17/h1-6,8-11,19-21,23H,7,12-16H2/t19?,20-,21+/m0/s1. The smallest absolute Gasteiger partial charge is 0.227 e. The predicted octanol–water partition coefficient (Wildman–Crippen LogP) is 3.22. The number of hydrogen-bond acceptors (Lipinski definition) is 2. The molecule has 1 N–H and O–H groups in total. The molecule has 0 spiro atoms. The van der Waals surface area contributed by atoms with Gasteiger partial charge in [-0.2, -0.15) is 0 Å². The van der Waals surface area contributed by atoms with Crippen molar-refractivity contribution in [2.75, 3.05) is 19.6 Å². The summed E-state index contributed by atoms with van der Waals surface area (Å²) in [6.07, 6.45) is 3.22. The van der Waals surface area contributed by atoms with Crippen molar-refractivity contribution in [2.45, 2.75) is 31.2 Å². The first kappa shape index (κ1) is 16.3. The molecule has 4 rings (SSSR count). The molecule has 0 aliphatic carbocycles. The van der Waals surface area contributed by atoms with Crippen LogP contribution in [0.25, 0.3) is 0 Å². The monoisotopic (exact) mass is 334 g/mol. The molecule has 3 atom stereocenters. The number of carbonyl (C=O) groups is 1. The zero-order chi connectivity index (χ0) is 17.1. The predicted molar refractivity (Wildman–Crippen MR) is 100 cm³/mol. The molecular formula is C22H26N2O. The van der Waals surface area contributed by atoms with Crippen LogP contribution in [0, 0.1) is 5.92 Å². The van der Waals surface area contributed by atoms with E-state index in [0.717, 1.165) is 38.9 Å². The molecule has 0 bridgehead atoms. The van der Waals surface area contributed by atoms with E-state index in [2.05, 4.69) is 64.8 Å². The number of carbonyl (C=O) groups excluding carboxylic acids is 1. The molecule has 2 heterocycles. The first-order valence-electron chi connectivity index (χ1n) is 9.43. The maximum Gasteiger partial charge on any atom is 0.227 e. The minimum absolute atomic E-state index is 0.0683. The van der Waals surface area contributed by atoms with E-state index in [1.807, 2.05) is 6.07 Å². The summed E-state index contributed by atoms with van der Waals surface area (Å²) in [5.74, 6) is 0.711. The highest BCUT2D eigenvalue weighted by molar-refractivity contribution is 5.81. The zero-order valence-electron chi connectivity index (χ0n) is 14.6. The van der Waals surface area contributed by atoms with Crippen LogP contribution in [0.3, 0.4) is 0 Å². The van der Waals surface area contributed by atoms with Gasteiger partial charge in [0, 0.05) is 31.6 Å². The van der Waals surface area contributed by atoms with Gasteiger partial charge in [0.15, 0.2) is 0 Å². The second-order valence-corrected chi connectivity index (χ2v) is 7.30. The summed E-state index contributed by atoms with van der Waals surface area (Å²) in [4.78, 5) is 15.5. The van der Waals surface area contributed by atoms with E-state index < -0.39 is 0 Å². The molecule has 25 heavy (non-hydrogen) atoms. The third-order valence-electron chi connectivity index (χ3n) is 5.73. The molecule has 3 heteroatoms. The highest BCUT2D eigenvalue weighted by Crippen LogP contribution is 2.32. The van der Waals surface area contributed by atoms with Gasteiger partial charge in [0.25, 0.3) is 0 Å². The second-order valence-electron chi connectivity index (χ2n) is 7.30. The Kier molecular flexibility index (Phi) is 4.84. The molecule has 2 aliphatic rings. The summed E-state index contributed by atoms with van der Waals surface area (Å²) in [5.41, 5.74) is 2.61. The summed E-state index contributed by atoms with van der Waals surface area (Å²) in [7, 11) is 0. The highest BCUT2D eigenvalue weighted by Gasteiger charge is 2.39. The second kappa shape index (κ2) is 7.40. The van der Waals surface area contributed by atoms with Gasteiger partial charge in [-0.3, -0.25) is 4.79 Å².